The Morgan fingerprint density at radius 2 is 1.87 bits per heavy atom. The van der Waals surface area contributed by atoms with Crippen molar-refractivity contribution in [2.24, 2.45) is 0 Å². The average Bonchev–Trinajstić information content (AvgIpc) is 2.27. The lowest BCUT2D eigenvalue weighted by Crippen LogP contribution is -2.88. The molecule has 1 rings (SSSR count). The minimum Gasteiger partial charge on any atom is -0.497 e. The molecule has 0 fully saturated rings. The lowest BCUT2D eigenvalue weighted by Gasteiger charge is -2.09. The highest BCUT2D eigenvalue weighted by Crippen LogP contribution is 2.10. The number of rotatable bonds is 6. The Morgan fingerprint density at radius 1 is 1.20 bits per heavy atom. The van der Waals surface area contributed by atoms with Gasteiger partial charge in [-0.1, -0.05) is 0 Å². The van der Waals surface area contributed by atoms with Crippen LogP contribution >= 0.6 is 0 Å². The molecule has 15 heavy (non-hydrogen) atoms. The molecule has 0 saturated heterocycles. The monoisotopic (exact) mass is 210 g/mol. The van der Waals surface area contributed by atoms with Gasteiger partial charge in [-0.25, -0.2) is 0 Å². The summed E-state index contributed by atoms with van der Waals surface area (Å²) in [5.41, 5.74) is 1.30. The molecule has 3 heteroatoms. The van der Waals surface area contributed by atoms with Gasteiger partial charge in [0, 0.05) is 12.7 Å². The summed E-state index contributed by atoms with van der Waals surface area (Å²) in [6.07, 6.45) is 0. The molecule has 0 aromatic heterocycles. The molecule has 1 aromatic rings. The second kappa shape index (κ2) is 6.43. The number of ether oxygens (including phenoxy) is 2. The molecule has 0 heterocycles. The molecule has 0 aliphatic carbocycles. The van der Waals surface area contributed by atoms with Gasteiger partial charge in [0.1, 0.15) is 18.3 Å². The molecule has 84 valence electrons. The Hall–Kier alpha value is -1.06. The van der Waals surface area contributed by atoms with Gasteiger partial charge in [0.25, 0.3) is 0 Å². The van der Waals surface area contributed by atoms with E-state index < -0.39 is 0 Å². The molecule has 0 spiro atoms. The third-order valence-corrected chi connectivity index (χ3v) is 2.34. The third kappa shape index (κ3) is 4.32. The Bertz CT molecular complexity index is 271. The highest BCUT2D eigenvalue weighted by atomic mass is 16.5. The standard InChI is InChI=1S/C12H19NO2/c1-10(9-14-2)13-8-11-4-6-12(15-3)7-5-11/h4-7,10,13H,8-9H2,1-3H3/p+1. The Kier molecular flexibility index (Phi) is 5.15. The SMILES string of the molecule is COCC(C)[NH2+]Cc1ccc(OC)cc1. The first-order valence-corrected chi connectivity index (χ1v) is 5.21. The van der Waals surface area contributed by atoms with Crippen LogP contribution in [0.5, 0.6) is 5.75 Å². The van der Waals surface area contributed by atoms with Crippen LogP contribution in [0.15, 0.2) is 24.3 Å². The van der Waals surface area contributed by atoms with Gasteiger partial charge >= 0.3 is 0 Å². The summed E-state index contributed by atoms with van der Waals surface area (Å²) in [5, 5.41) is 2.27. The van der Waals surface area contributed by atoms with Crippen LogP contribution in [0.3, 0.4) is 0 Å². The molecule has 0 radical (unpaired) electrons. The normalized spacial score (nSPS) is 12.5. The lowest BCUT2D eigenvalue weighted by molar-refractivity contribution is -0.702. The Labute approximate surface area is 91.4 Å². The van der Waals surface area contributed by atoms with Crippen molar-refractivity contribution < 1.29 is 14.8 Å². The summed E-state index contributed by atoms with van der Waals surface area (Å²) >= 11 is 0. The van der Waals surface area contributed by atoms with Gasteiger partial charge in [0.15, 0.2) is 0 Å². The van der Waals surface area contributed by atoms with Crippen LogP contribution in [0.25, 0.3) is 0 Å². The van der Waals surface area contributed by atoms with Crippen molar-refractivity contribution >= 4 is 0 Å². The van der Waals surface area contributed by atoms with Crippen LogP contribution in [0, 0.1) is 0 Å². The minimum atomic E-state index is 0.497. The first kappa shape index (κ1) is 12.0. The number of methoxy groups -OCH3 is 2. The van der Waals surface area contributed by atoms with E-state index in [1.54, 1.807) is 14.2 Å². The van der Waals surface area contributed by atoms with Crippen molar-refractivity contribution in [2.45, 2.75) is 19.5 Å². The molecule has 0 amide bonds. The van der Waals surface area contributed by atoms with Crippen molar-refractivity contribution in [3.05, 3.63) is 29.8 Å². The summed E-state index contributed by atoms with van der Waals surface area (Å²) < 4.78 is 10.2. The fraction of sp³-hybridized carbons (Fsp3) is 0.500. The Balaban J connectivity index is 2.37. The predicted octanol–water partition coefficient (Wildman–Crippen LogP) is 0.794. The molecule has 3 nitrogen and oxygen atoms in total. The third-order valence-electron chi connectivity index (χ3n) is 2.34. The molecule has 0 saturated carbocycles. The number of benzene rings is 1. The molecule has 1 unspecified atom stereocenters. The molecule has 0 aliphatic heterocycles. The second-order valence-electron chi connectivity index (χ2n) is 3.72. The number of quaternary nitrogens is 1. The smallest absolute Gasteiger partial charge is 0.118 e. The van der Waals surface area contributed by atoms with E-state index in [0.717, 1.165) is 18.9 Å². The van der Waals surface area contributed by atoms with Crippen molar-refractivity contribution in [2.75, 3.05) is 20.8 Å². The average molecular weight is 210 g/mol. The van der Waals surface area contributed by atoms with Crippen LogP contribution in [0.2, 0.25) is 0 Å². The van der Waals surface area contributed by atoms with Gasteiger partial charge in [-0.15, -0.1) is 0 Å². The highest BCUT2D eigenvalue weighted by Gasteiger charge is 2.04. The van der Waals surface area contributed by atoms with E-state index >= 15 is 0 Å². The molecule has 1 aromatic carbocycles. The second-order valence-corrected chi connectivity index (χ2v) is 3.72. The van der Waals surface area contributed by atoms with E-state index in [0.29, 0.717) is 6.04 Å². The fourth-order valence-electron chi connectivity index (χ4n) is 1.43. The number of hydrogen-bond donors (Lipinski definition) is 1. The highest BCUT2D eigenvalue weighted by molar-refractivity contribution is 5.26. The van der Waals surface area contributed by atoms with Gasteiger partial charge < -0.3 is 14.8 Å². The van der Waals surface area contributed by atoms with Crippen molar-refractivity contribution in [1.29, 1.82) is 0 Å². The zero-order valence-electron chi connectivity index (χ0n) is 9.69. The summed E-state index contributed by atoms with van der Waals surface area (Å²) in [6.45, 7) is 3.93. The zero-order valence-corrected chi connectivity index (χ0v) is 9.69. The van der Waals surface area contributed by atoms with Gasteiger partial charge in [-0.05, 0) is 31.2 Å². The van der Waals surface area contributed by atoms with Crippen molar-refractivity contribution in [3.63, 3.8) is 0 Å². The van der Waals surface area contributed by atoms with E-state index in [4.69, 9.17) is 9.47 Å². The topological polar surface area (TPSA) is 35.1 Å². The van der Waals surface area contributed by atoms with Crippen LogP contribution in [0.4, 0.5) is 0 Å². The van der Waals surface area contributed by atoms with Gasteiger partial charge in [-0.2, -0.15) is 0 Å². The van der Waals surface area contributed by atoms with Gasteiger partial charge in [0.2, 0.25) is 0 Å². The first-order chi connectivity index (χ1) is 7.26. The summed E-state index contributed by atoms with van der Waals surface area (Å²) in [7, 11) is 3.42. The molecule has 1 atom stereocenters. The number of hydrogen-bond acceptors (Lipinski definition) is 2. The van der Waals surface area contributed by atoms with E-state index in [1.165, 1.54) is 5.56 Å². The van der Waals surface area contributed by atoms with Gasteiger partial charge in [-0.3, -0.25) is 0 Å². The quantitative estimate of drug-likeness (QED) is 0.753. The van der Waals surface area contributed by atoms with E-state index in [2.05, 4.69) is 24.4 Å². The van der Waals surface area contributed by atoms with Gasteiger partial charge in [0.05, 0.1) is 13.7 Å². The maximum absolute atomic E-state index is 5.10. The molecular weight excluding hydrogens is 190 g/mol. The van der Waals surface area contributed by atoms with E-state index in [1.807, 2.05) is 12.1 Å². The predicted molar refractivity (Wildman–Crippen MR) is 60.0 cm³/mol. The largest absolute Gasteiger partial charge is 0.497 e. The molecule has 0 aliphatic rings. The van der Waals surface area contributed by atoms with Crippen LogP contribution < -0.4 is 10.1 Å². The maximum atomic E-state index is 5.10. The lowest BCUT2D eigenvalue weighted by atomic mass is 10.2. The van der Waals surface area contributed by atoms with Crippen LogP contribution in [-0.2, 0) is 11.3 Å². The first-order valence-electron chi connectivity index (χ1n) is 5.21. The summed E-state index contributed by atoms with van der Waals surface area (Å²) in [4.78, 5) is 0. The van der Waals surface area contributed by atoms with E-state index in [-0.39, 0.29) is 0 Å². The maximum Gasteiger partial charge on any atom is 0.118 e. The van der Waals surface area contributed by atoms with E-state index in [9.17, 15) is 0 Å². The molecule has 2 N–H and O–H groups in total. The van der Waals surface area contributed by atoms with Crippen LogP contribution in [0.1, 0.15) is 12.5 Å². The molecule has 0 bridgehead atoms. The van der Waals surface area contributed by atoms with Crippen molar-refractivity contribution in [1.82, 2.24) is 0 Å². The number of nitrogens with two attached hydrogens (primary N) is 1. The zero-order chi connectivity index (χ0) is 11.1. The summed E-state index contributed by atoms with van der Waals surface area (Å²) in [6, 6.07) is 8.66. The Morgan fingerprint density at radius 3 is 2.40 bits per heavy atom. The fourth-order valence-corrected chi connectivity index (χ4v) is 1.43. The summed E-state index contributed by atoms with van der Waals surface area (Å²) in [5.74, 6) is 0.906. The van der Waals surface area contributed by atoms with Crippen molar-refractivity contribution in [3.8, 4) is 5.75 Å². The molecular formula is C12H20NO2+. The minimum absolute atomic E-state index is 0.497. The van der Waals surface area contributed by atoms with Crippen LogP contribution in [-0.4, -0.2) is 26.9 Å².